The molecule has 4 aromatic rings. The number of rotatable bonds is 9. The van der Waals surface area contributed by atoms with E-state index in [9.17, 15) is 14.4 Å². The Bertz CT molecular complexity index is 1330. The van der Waals surface area contributed by atoms with Crippen molar-refractivity contribution in [2.75, 3.05) is 17.7 Å². The largest absolute Gasteiger partial charge is 0.497 e. The van der Waals surface area contributed by atoms with Crippen LogP contribution in [0.15, 0.2) is 83.3 Å². The molecule has 0 atom stereocenters. The summed E-state index contributed by atoms with van der Waals surface area (Å²) in [5, 5.41) is 13.1. The Morgan fingerprint density at radius 3 is 2.31 bits per heavy atom. The first-order valence-corrected chi connectivity index (χ1v) is 10.8. The second-order valence-corrected chi connectivity index (χ2v) is 7.51. The quantitative estimate of drug-likeness (QED) is 0.343. The Hall–Kier alpha value is -4.79. The van der Waals surface area contributed by atoms with Gasteiger partial charge in [0, 0.05) is 35.2 Å². The number of hydrogen-bond acceptors (Lipinski definition) is 7. The summed E-state index contributed by atoms with van der Waals surface area (Å²) in [5.74, 6) is 0.0196. The fraction of sp³-hybridized carbons (Fsp3) is 0.115. The number of ether oxygens (including phenoxy) is 1. The first kappa shape index (κ1) is 23.4. The number of ketones is 1. The van der Waals surface area contributed by atoms with Crippen molar-refractivity contribution in [2.24, 2.45) is 0 Å². The van der Waals surface area contributed by atoms with E-state index in [0.717, 1.165) is 0 Å². The number of amides is 2. The Morgan fingerprint density at radius 1 is 0.829 bits per heavy atom. The van der Waals surface area contributed by atoms with Gasteiger partial charge in [0.25, 0.3) is 5.91 Å². The molecule has 0 aliphatic heterocycles. The highest BCUT2D eigenvalue weighted by Gasteiger charge is 2.14. The molecule has 0 fully saturated rings. The van der Waals surface area contributed by atoms with Gasteiger partial charge < -0.3 is 14.5 Å². The smallest absolute Gasteiger partial charge is 0.322 e. The molecule has 9 nitrogen and oxygen atoms in total. The molecular formula is C26H22N4O5. The molecule has 0 bridgehead atoms. The lowest BCUT2D eigenvalue weighted by atomic mass is 10.1. The van der Waals surface area contributed by atoms with Gasteiger partial charge in [-0.1, -0.05) is 41.5 Å². The molecule has 0 saturated carbocycles. The van der Waals surface area contributed by atoms with Gasteiger partial charge in [0.1, 0.15) is 5.75 Å². The summed E-state index contributed by atoms with van der Waals surface area (Å²) in [5.41, 5.74) is 1.95. The van der Waals surface area contributed by atoms with Gasteiger partial charge in [-0.3, -0.25) is 19.7 Å². The predicted molar refractivity (Wildman–Crippen MR) is 129 cm³/mol. The van der Waals surface area contributed by atoms with Crippen LogP contribution in [-0.4, -0.2) is 34.9 Å². The lowest BCUT2D eigenvalue weighted by Crippen LogP contribution is -2.15. The molecule has 2 amide bonds. The van der Waals surface area contributed by atoms with E-state index in [2.05, 4.69) is 20.8 Å². The van der Waals surface area contributed by atoms with Crippen LogP contribution in [0, 0.1) is 0 Å². The van der Waals surface area contributed by atoms with Crippen molar-refractivity contribution < 1.29 is 23.5 Å². The molecule has 176 valence electrons. The SMILES string of the molecule is COc1ccc(-c2nnc(NC(=O)c3cccc(NC(=O)CCC(=O)c4ccccc4)c3)o2)cc1. The van der Waals surface area contributed by atoms with Gasteiger partial charge in [0.2, 0.25) is 11.8 Å². The van der Waals surface area contributed by atoms with Crippen LogP contribution in [0.3, 0.4) is 0 Å². The Balaban J connectivity index is 1.33. The van der Waals surface area contributed by atoms with Gasteiger partial charge in [-0.15, -0.1) is 5.10 Å². The fourth-order valence-electron chi connectivity index (χ4n) is 3.25. The third kappa shape index (κ3) is 6.17. The maximum Gasteiger partial charge on any atom is 0.322 e. The fourth-order valence-corrected chi connectivity index (χ4v) is 3.25. The summed E-state index contributed by atoms with van der Waals surface area (Å²) in [6, 6.07) is 22.2. The monoisotopic (exact) mass is 470 g/mol. The maximum absolute atomic E-state index is 12.6. The Kier molecular flexibility index (Phi) is 7.27. The number of hydrogen-bond donors (Lipinski definition) is 2. The minimum atomic E-state index is -0.481. The molecule has 0 saturated heterocycles. The average Bonchev–Trinajstić information content (AvgIpc) is 3.36. The molecule has 0 radical (unpaired) electrons. The third-order valence-electron chi connectivity index (χ3n) is 5.07. The average molecular weight is 470 g/mol. The number of nitrogens with zero attached hydrogens (tertiary/aromatic N) is 2. The third-order valence-corrected chi connectivity index (χ3v) is 5.07. The molecule has 0 unspecified atom stereocenters. The number of carbonyl (C=O) groups excluding carboxylic acids is 3. The van der Waals surface area contributed by atoms with Crippen LogP contribution in [0.25, 0.3) is 11.5 Å². The molecule has 0 aliphatic carbocycles. The molecular weight excluding hydrogens is 448 g/mol. The highest BCUT2D eigenvalue weighted by molar-refractivity contribution is 6.04. The van der Waals surface area contributed by atoms with E-state index in [-0.39, 0.29) is 42.0 Å². The molecule has 35 heavy (non-hydrogen) atoms. The zero-order chi connectivity index (χ0) is 24.6. The van der Waals surface area contributed by atoms with Crippen molar-refractivity contribution in [1.82, 2.24) is 10.2 Å². The van der Waals surface area contributed by atoms with E-state index in [1.807, 2.05) is 6.07 Å². The van der Waals surface area contributed by atoms with E-state index in [4.69, 9.17) is 9.15 Å². The predicted octanol–water partition coefficient (Wildman–Crippen LogP) is 4.60. The number of nitrogens with one attached hydrogen (secondary N) is 2. The lowest BCUT2D eigenvalue weighted by molar-refractivity contribution is -0.116. The second kappa shape index (κ2) is 10.9. The lowest BCUT2D eigenvalue weighted by Gasteiger charge is -2.07. The Morgan fingerprint density at radius 2 is 1.57 bits per heavy atom. The zero-order valence-electron chi connectivity index (χ0n) is 18.9. The van der Waals surface area contributed by atoms with E-state index < -0.39 is 5.91 Å². The molecule has 0 spiro atoms. The number of aromatic nitrogens is 2. The van der Waals surface area contributed by atoms with Crippen LogP contribution in [0.1, 0.15) is 33.6 Å². The standard InChI is InChI=1S/C26H22N4O5/c1-34-21-12-10-18(11-13-21)25-29-30-26(35-25)28-24(33)19-8-5-9-20(16-19)27-23(32)15-14-22(31)17-6-3-2-4-7-17/h2-13,16H,14-15H2,1H3,(H,27,32)(H,28,30,33). The number of anilines is 2. The van der Waals surface area contributed by atoms with Crippen molar-refractivity contribution in [2.45, 2.75) is 12.8 Å². The van der Waals surface area contributed by atoms with E-state index in [1.165, 1.54) is 6.07 Å². The highest BCUT2D eigenvalue weighted by atomic mass is 16.5. The summed E-state index contributed by atoms with van der Waals surface area (Å²) < 4.78 is 10.6. The number of methoxy groups -OCH3 is 1. The summed E-state index contributed by atoms with van der Waals surface area (Å²) in [6.45, 7) is 0. The van der Waals surface area contributed by atoms with Gasteiger partial charge in [-0.05, 0) is 42.5 Å². The number of benzene rings is 3. The summed E-state index contributed by atoms with van der Waals surface area (Å²) in [7, 11) is 1.57. The van der Waals surface area contributed by atoms with Gasteiger partial charge in [0.05, 0.1) is 7.11 Å². The normalized spacial score (nSPS) is 10.4. The van der Waals surface area contributed by atoms with Gasteiger partial charge in [0.15, 0.2) is 5.78 Å². The van der Waals surface area contributed by atoms with Crippen LogP contribution < -0.4 is 15.4 Å². The first-order chi connectivity index (χ1) is 17.0. The van der Waals surface area contributed by atoms with Crippen molar-refractivity contribution >= 4 is 29.3 Å². The molecule has 3 aromatic carbocycles. The van der Waals surface area contributed by atoms with Crippen molar-refractivity contribution in [1.29, 1.82) is 0 Å². The zero-order valence-corrected chi connectivity index (χ0v) is 18.9. The van der Waals surface area contributed by atoms with E-state index in [1.54, 1.807) is 73.8 Å². The summed E-state index contributed by atoms with van der Waals surface area (Å²) in [4.78, 5) is 37.1. The molecule has 1 aromatic heterocycles. The summed E-state index contributed by atoms with van der Waals surface area (Å²) >= 11 is 0. The van der Waals surface area contributed by atoms with Crippen LogP contribution in [0.5, 0.6) is 5.75 Å². The van der Waals surface area contributed by atoms with Gasteiger partial charge in [-0.25, -0.2) is 0 Å². The minimum absolute atomic E-state index is 0.0280. The topological polar surface area (TPSA) is 123 Å². The van der Waals surface area contributed by atoms with Crippen LogP contribution in [-0.2, 0) is 4.79 Å². The molecule has 0 aliphatic rings. The van der Waals surface area contributed by atoms with Gasteiger partial charge in [-0.2, -0.15) is 0 Å². The molecule has 4 rings (SSSR count). The van der Waals surface area contributed by atoms with Crippen LogP contribution in [0.4, 0.5) is 11.7 Å². The highest BCUT2D eigenvalue weighted by Crippen LogP contribution is 2.23. The second-order valence-electron chi connectivity index (χ2n) is 7.51. The van der Waals surface area contributed by atoms with Gasteiger partial charge >= 0.3 is 6.01 Å². The van der Waals surface area contributed by atoms with Crippen LogP contribution >= 0.6 is 0 Å². The number of Topliss-reactive ketones (excluding diaryl/α,β-unsaturated/α-hetero) is 1. The first-order valence-electron chi connectivity index (χ1n) is 10.8. The van der Waals surface area contributed by atoms with E-state index in [0.29, 0.717) is 22.6 Å². The minimum Gasteiger partial charge on any atom is -0.497 e. The van der Waals surface area contributed by atoms with E-state index >= 15 is 0 Å². The maximum atomic E-state index is 12.6. The number of carbonyl (C=O) groups is 3. The molecule has 9 heteroatoms. The summed E-state index contributed by atoms with van der Waals surface area (Å²) in [6.07, 6.45) is 0.115. The Labute approximate surface area is 201 Å². The molecule has 1 heterocycles. The molecule has 2 N–H and O–H groups in total. The van der Waals surface area contributed by atoms with Crippen molar-refractivity contribution in [3.63, 3.8) is 0 Å². The van der Waals surface area contributed by atoms with Crippen molar-refractivity contribution in [3.8, 4) is 17.2 Å². The van der Waals surface area contributed by atoms with Crippen LogP contribution in [0.2, 0.25) is 0 Å². The van der Waals surface area contributed by atoms with Crippen molar-refractivity contribution in [3.05, 3.63) is 90.0 Å².